The highest BCUT2D eigenvalue weighted by atomic mass is 19.1. The molecule has 12 heteroatoms. The summed E-state index contributed by atoms with van der Waals surface area (Å²) < 4.78 is 52.5. The molecule has 1 fully saturated rings. The van der Waals surface area contributed by atoms with Crippen molar-refractivity contribution in [3.8, 4) is 5.75 Å². The number of morpholine rings is 1. The predicted molar refractivity (Wildman–Crippen MR) is 187 cm³/mol. The van der Waals surface area contributed by atoms with Crippen LogP contribution in [0.25, 0.3) is 0 Å². The molecule has 1 aromatic carbocycles. The van der Waals surface area contributed by atoms with Gasteiger partial charge in [0.15, 0.2) is 23.1 Å². The zero-order valence-corrected chi connectivity index (χ0v) is 28.9. The van der Waals surface area contributed by atoms with Gasteiger partial charge in [-0.2, -0.15) is 0 Å². The second-order valence-corrected chi connectivity index (χ2v) is 12.9. The van der Waals surface area contributed by atoms with Gasteiger partial charge in [-0.1, -0.05) is 19.9 Å². The van der Waals surface area contributed by atoms with Crippen LogP contribution >= 0.6 is 0 Å². The maximum absolute atomic E-state index is 15.5. The molecule has 264 valence electrons. The number of fused-ring (bicyclic) bond motifs is 2. The van der Waals surface area contributed by atoms with E-state index in [9.17, 15) is 9.18 Å². The van der Waals surface area contributed by atoms with Crippen LogP contribution in [0.4, 0.5) is 14.5 Å². The zero-order valence-electron chi connectivity index (χ0n) is 28.9. The number of hydrogen-bond donors (Lipinski definition) is 2. The standard InChI is InChI=1S/C37H47F2N5O5/c1-6-37(4,25(3)42-27-8-10-30(38)24(2)18-27)36(45)43-28-9-11-32(31(39)21-28)49-35-26-19-29(40-23-41-35)22-34(33(20-26)46-5)48-15-7-12-44-13-16-47-17-14-44/h8-11,18,20-25,30,42H,6-7,12-17,19H2,1-5H3,(H,43,45)/t24?,25?,30?,37-/m1/s1. The Morgan fingerprint density at radius 1 is 1.22 bits per heavy atom. The van der Waals surface area contributed by atoms with E-state index in [0.717, 1.165) is 45.0 Å². The molecule has 5 rings (SSSR count). The molecule has 4 atom stereocenters. The van der Waals surface area contributed by atoms with Gasteiger partial charge in [0.25, 0.3) is 0 Å². The van der Waals surface area contributed by atoms with Crippen molar-refractivity contribution in [3.63, 3.8) is 0 Å². The number of alkyl halides is 1. The summed E-state index contributed by atoms with van der Waals surface area (Å²) >= 11 is 0. The number of carbonyl (C=O) groups excluding carboxylic acids is 1. The van der Waals surface area contributed by atoms with Gasteiger partial charge in [0.1, 0.15) is 12.5 Å². The Labute approximate surface area is 287 Å². The number of methoxy groups -OCH3 is 1. The first-order valence-corrected chi connectivity index (χ1v) is 16.9. The smallest absolute Gasteiger partial charge is 0.232 e. The lowest BCUT2D eigenvalue weighted by Crippen LogP contribution is -2.48. The van der Waals surface area contributed by atoms with E-state index in [-0.39, 0.29) is 35.2 Å². The van der Waals surface area contributed by atoms with E-state index < -0.39 is 17.4 Å². The predicted octanol–water partition coefficient (Wildman–Crippen LogP) is 6.22. The number of hydrogen-bond acceptors (Lipinski definition) is 9. The zero-order chi connectivity index (χ0) is 35.0. The largest absolute Gasteiger partial charge is 0.493 e. The average molecular weight is 680 g/mol. The van der Waals surface area contributed by atoms with Gasteiger partial charge < -0.3 is 29.6 Å². The maximum atomic E-state index is 15.5. The molecule has 3 unspecified atom stereocenters. The van der Waals surface area contributed by atoms with Crippen molar-refractivity contribution >= 4 is 23.6 Å². The molecule has 10 nitrogen and oxygen atoms in total. The Morgan fingerprint density at radius 3 is 2.73 bits per heavy atom. The number of allylic oxidation sites excluding steroid dienone is 6. The van der Waals surface area contributed by atoms with Crippen molar-refractivity contribution in [1.82, 2.24) is 10.2 Å². The second-order valence-electron chi connectivity index (χ2n) is 12.9. The third kappa shape index (κ3) is 9.04. The van der Waals surface area contributed by atoms with E-state index >= 15 is 4.39 Å². The molecule has 49 heavy (non-hydrogen) atoms. The second kappa shape index (κ2) is 16.4. The minimum Gasteiger partial charge on any atom is -0.493 e. The van der Waals surface area contributed by atoms with E-state index in [1.165, 1.54) is 24.5 Å². The minimum atomic E-state index is -1.03. The van der Waals surface area contributed by atoms with Gasteiger partial charge >= 0.3 is 0 Å². The summed E-state index contributed by atoms with van der Waals surface area (Å²) in [5.74, 6) is -0.0517. The normalized spacial score (nSPS) is 22.8. The van der Waals surface area contributed by atoms with E-state index in [1.54, 1.807) is 32.3 Å². The quantitative estimate of drug-likeness (QED) is 0.225. The maximum Gasteiger partial charge on any atom is 0.232 e. The number of anilines is 1. The summed E-state index contributed by atoms with van der Waals surface area (Å²) in [7, 11) is 1.56. The van der Waals surface area contributed by atoms with Crippen molar-refractivity contribution in [2.24, 2.45) is 21.3 Å². The Balaban J connectivity index is 1.24. The van der Waals surface area contributed by atoms with E-state index in [4.69, 9.17) is 18.9 Å². The molecule has 2 bridgehead atoms. The Kier molecular flexibility index (Phi) is 12.1. The highest BCUT2D eigenvalue weighted by Crippen LogP contribution is 2.32. The van der Waals surface area contributed by atoms with Crippen molar-refractivity contribution < 1.29 is 32.5 Å². The average Bonchev–Trinajstić information content (AvgIpc) is 3.40. The number of ether oxygens (including phenoxy) is 4. The van der Waals surface area contributed by atoms with Crippen LogP contribution in [-0.2, 0) is 19.0 Å². The lowest BCUT2D eigenvalue weighted by atomic mass is 9.79. The molecule has 1 amide bonds. The molecule has 2 aliphatic carbocycles. The molecule has 2 N–H and O–H groups in total. The molecule has 1 saturated heterocycles. The number of aliphatic imine (C=N–C) groups is 2. The SMILES string of the molecule is CC[C@@](C)(C(=O)Nc1ccc(OC2=C3C=C(OC)C(OCCCN4CCOCC4)=CC(=NC=N2)C3)c(F)c1)C(C)NC1=CC(C)C(F)C=C1. The Bertz CT molecular complexity index is 1590. The third-order valence-electron chi connectivity index (χ3n) is 9.48. The van der Waals surface area contributed by atoms with Crippen LogP contribution in [0.3, 0.4) is 0 Å². The molecular weight excluding hydrogens is 632 g/mol. The van der Waals surface area contributed by atoms with Crippen molar-refractivity contribution in [1.29, 1.82) is 0 Å². The van der Waals surface area contributed by atoms with Crippen LogP contribution < -0.4 is 15.4 Å². The molecular formula is C37H47F2N5O5. The topological polar surface area (TPSA) is 106 Å². The number of rotatable bonds is 14. The lowest BCUT2D eigenvalue weighted by Gasteiger charge is -2.35. The van der Waals surface area contributed by atoms with E-state index in [1.807, 2.05) is 32.9 Å². The van der Waals surface area contributed by atoms with Crippen LogP contribution in [0.15, 0.2) is 87.2 Å². The van der Waals surface area contributed by atoms with Gasteiger partial charge in [0, 0.05) is 67.1 Å². The first-order valence-electron chi connectivity index (χ1n) is 16.9. The number of nitrogens with zero attached hydrogens (tertiary/aromatic N) is 3. The van der Waals surface area contributed by atoms with Crippen molar-refractivity contribution in [2.75, 3.05) is 51.9 Å². The van der Waals surface area contributed by atoms with Gasteiger partial charge in [-0.15, -0.1) is 0 Å². The van der Waals surface area contributed by atoms with Gasteiger partial charge in [-0.3, -0.25) is 9.69 Å². The summed E-state index contributed by atoms with van der Waals surface area (Å²) in [6.45, 7) is 12.3. The van der Waals surface area contributed by atoms with Crippen LogP contribution in [0.2, 0.25) is 0 Å². The van der Waals surface area contributed by atoms with Crippen LogP contribution in [0.1, 0.15) is 47.0 Å². The molecule has 2 aliphatic heterocycles. The Hall–Kier alpha value is -4.29. The highest BCUT2D eigenvalue weighted by molar-refractivity contribution is 6.02. The van der Waals surface area contributed by atoms with Gasteiger partial charge in [-0.05, 0) is 57.0 Å². The lowest BCUT2D eigenvalue weighted by molar-refractivity contribution is -0.126. The van der Waals surface area contributed by atoms with Gasteiger partial charge in [0.05, 0.1) is 38.1 Å². The fourth-order valence-electron chi connectivity index (χ4n) is 5.88. The van der Waals surface area contributed by atoms with Crippen LogP contribution in [-0.4, -0.2) is 81.6 Å². The number of carbonyl (C=O) groups is 1. The fraction of sp³-hybridized carbons (Fsp3) is 0.486. The Morgan fingerprint density at radius 2 is 2.02 bits per heavy atom. The summed E-state index contributed by atoms with van der Waals surface area (Å²) in [5, 5.41) is 6.21. The van der Waals surface area contributed by atoms with Crippen LogP contribution in [0.5, 0.6) is 5.75 Å². The summed E-state index contributed by atoms with van der Waals surface area (Å²) in [6.07, 6.45) is 10.7. The van der Waals surface area contributed by atoms with Gasteiger partial charge in [0.2, 0.25) is 11.8 Å². The number of nitrogens with one attached hydrogen (secondary N) is 2. The van der Waals surface area contributed by atoms with Crippen molar-refractivity contribution in [2.45, 2.75) is 59.2 Å². The monoisotopic (exact) mass is 679 g/mol. The summed E-state index contributed by atoms with van der Waals surface area (Å²) in [5.41, 5.74) is 1.55. The number of amides is 1. The molecule has 1 aromatic rings. The summed E-state index contributed by atoms with van der Waals surface area (Å²) in [6, 6.07) is 3.97. The molecule has 4 aliphatic rings. The van der Waals surface area contributed by atoms with Crippen LogP contribution in [0, 0.1) is 17.2 Å². The third-order valence-corrected chi connectivity index (χ3v) is 9.48. The summed E-state index contributed by atoms with van der Waals surface area (Å²) in [4.78, 5) is 24.7. The highest BCUT2D eigenvalue weighted by Gasteiger charge is 2.38. The number of benzene rings is 1. The molecule has 0 radical (unpaired) electrons. The van der Waals surface area contributed by atoms with Gasteiger partial charge in [-0.25, -0.2) is 18.8 Å². The van der Waals surface area contributed by atoms with E-state index in [2.05, 4.69) is 25.5 Å². The molecule has 0 aromatic heterocycles. The van der Waals surface area contributed by atoms with Crippen molar-refractivity contribution in [3.05, 3.63) is 83.1 Å². The number of halogens is 2. The molecule has 0 saturated carbocycles. The minimum absolute atomic E-state index is 0.0603. The fourth-order valence-corrected chi connectivity index (χ4v) is 5.88. The molecule has 0 spiro atoms. The molecule has 2 heterocycles. The first kappa shape index (κ1) is 36.0. The first-order chi connectivity index (χ1) is 23.6. The van der Waals surface area contributed by atoms with E-state index in [0.29, 0.717) is 42.3 Å².